The maximum absolute atomic E-state index is 5.88. The topological polar surface area (TPSA) is 54.6 Å². The summed E-state index contributed by atoms with van der Waals surface area (Å²) in [4.78, 5) is 9.01. The largest absolute Gasteiger partial charge is 0.476 e. The first-order valence-electron chi connectivity index (χ1n) is 7.23. The van der Waals surface area contributed by atoms with Gasteiger partial charge in [-0.3, -0.25) is 0 Å². The lowest BCUT2D eigenvalue weighted by Gasteiger charge is -2.27. The Morgan fingerprint density at radius 3 is 2.50 bits per heavy atom. The molecule has 2 N–H and O–H groups in total. The fourth-order valence-corrected chi connectivity index (χ4v) is 1.93. The Hall–Kier alpha value is -1.49. The number of rotatable bonds is 8. The molecule has 0 amide bonds. The first-order valence-corrected chi connectivity index (χ1v) is 7.23. The van der Waals surface area contributed by atoms with E-state index in [0.717, 1.165) is 25.5 Å². The van der Waals surface area contributed by atoms with E-state index in [2.05, 4.69) is 42.7 Å². The molecule has 20 heavy (non-hydrogen) atoms. The molecule has 114 valence electrons. The summed E-state index contributed by atoms with van der Waals surface area (Å²) >= 11 is 0. The van der Waals surface area contributed by atoms with Crippen molar-refractivity contribution in [2.24, 2.45) is 5.92 Å². The summed E-state index contributed by atoms with van der Waals surface area (Å²) in [6, 6.07) is 3.84. The first kappa shape index (κ1) is 16.6. The molecule has 1 aromatic heterocycles. The summed E-state index contributed by atoms with van der Waals surface area (Å²) in [5.41, 5.74) is 6.48. The van der Waals surface area contributed by atoms with Crippen LogP contribution in [0.3, 0.4) is 0 Å². The number of likely N-dealkylation sites (N-methyl/N-ethyl adjacent to an activating group) is 1. The van der Waals surface area contributed by atoms with Gasteiger partial charge in [0.1, 0.15) is 5.82 Å². The maximum Gasteiger partial charge on any atom is 0.239 e. The molecule has 0 aliphatic rings. The van der Waals surface area contributed by atoms with E-state index < -0.39 is 0 Å². The van der Waals surface area contributed by atoms with Crippen molar-refractivity contribution < 1.29 is 4.74 Å². The predicted molar refractivity (Wildman–Crippen MR) is 85.4 cm³/mol. The van der Waals surface area contributed by atoms with Crippen molar-refractivity contribution in [1.82, 2.24) is 9.88 Å². The molecular weight excluding hydrogens is 252 g/mol. The van der Waals surface area contributed by atoms with Crippen molar-refractivity contribution in [3.05, 3.63) is 12.1 Å². The van der Waals surface area contributed by atoms with Crippen LogP contribution in [0.2, 0.25) is 0 Å². The smallest absolute Gasteiger partial charge is 0.239 e. The minimum Gasteiger partial charge on any atom is -0.476 e. The average Bonchev–Trinajstić information content (AvgIpc) is 2.37. The fourth-order valence-electron chi connectivity index (χ4n) is 1.93. The molecule has 0 saturated carbocycles. The molecule has 0 spiro atoms. The van der Waals surface area contributed by atoms with Crippen LogP contribution >= 0.6 is 0 Å². The third-order valence-corrected chi connectivity index (χ3v) is 2.88. The lowest BCUT2D eigenvalue weighted by atomic mass is 10.2. The molecule has 1 heterocycles. The van der Waals surface area contributed by atoms with Gasteiger partial charge in [0.15, 0.2) is 0 Å². The lowest BCUT2D eigenvalue weighted by molar-refractivity contribution is 0.328. The minimum atomic E-state index is 0.531. The van der Waals surface area contributed by atoms with Crippen LogP contribution in [0.15, 0.2) is 12.1 Å². The van der Waals surface area contributed by atoms with Gasteiger partial charge in [0, 0.05) is 19.6 Å². The monoisotopic (exact) mass is 280 g/mol. The quantitative estimate of drug-likeness (QED) is 0.790. The van der Waals surface area contributed by atoms with Crippen molar-refractivity contribution >= 4 is 11.5 Å². The molecule has 0 aromatic carbocycles. The van der Waals surface area contributed by atoms with E-state index in [4.69, 9.17) is 10.5 Å². The Balaban J connectivity index is 2.90. The van der Waals surface area contributed by atoms with Crippen molar-refractivity contribution in [2.45, 2.75) is 20.8 Å². The van der Waals surface area contributed by atoms with Gasteiger partial charge in [0.05, 0.1) is 12.3 Å². The maximum atomic E-state index is 5.88. The van der Waals surface area contributed by atoms with Crippen LogP contribution < -0.4 is 15.4 Å². The van der Waals surface area contributed by atoms with Crippen LogP contribution in [-0.4, -0.2) is 50.2 Å². The molecule has 1 rings (SSSR count). The summed E-state index contributed by atoms with van der Waals surface area (Å²) < 4.78 is 5.48. The molecule has 0 saturated heterocycles. The zero-order valence-electron chi connectivity index (χ0n) is 13.4. The number of nitrogens with zero attached hydrogens (tertiary/aromatic N) is 3. The zero-order chi connectivity index (χ0) is 15.1. The second-order valence-corrected chi connectivity index (χ2v) is 5.64. The second kappa shape index (κ2) is 7.94. The number of hydrogen-bond acceptors (Lipinski definition) is 5. The molecular formula is C15H28N4O. The summed E-state index contributed by atoms with van der Waals surface area (Å²) in [6.07, 6.45) is 0. The number of anilines is 2. The SMILES string of the molecule is CCOc1nc(N(CCN(C)C)CC(C)C)ccc1N. The summed E-state index contributed by atoms with van der Waals surface area (Å²) in [5.74, 6) is 2.04. The highest BCUT2D eigenvalue weighted by Crippen LogP contribution is 2.23. The molecule has 5 heteroatoms. The fraction of sp³-hybridized carbons (Fsp3) is 0.667. The van der Waals surface area contributed by atoms with Gasteiger partial charge in [-0.25, -0.2) is 0 Å². The van der Waals surface area contributed by atoms with E-state index in [1.165, 1.54) is 0 Å². The lowest BCUT2D eigenvalue weighted by Crippen LogP contribution is -2.35. The van der Waals surface area contributed by atoms with Gasteiger partial charge in [-0.2, -0.15) is 4.98 Å². The van der Waals surface area contributed by atoms with Crippen LogP contribution in [0.25, 0.3) is 0 Å². The van der Waals surface area contributed by atoms with Crippen LogP contribution in [0, 0.1) is 5.92 Å². The van der Waals surface area contributed by atoms with Gasteiger partial charge in [0.2, 0.25) is 5.88 Å². The van der Waals surface area contributed by atoms with Gasteiger partial charge in [-0.15, -0.1) is 0 Å². The molecule has 5 nitrogen and oxygen atoms in total. The van der Waals surface area contributed by atoms with Crippen molar-refractivity contribution in [2.75, 3.05) is 51.0 Å². The molecule has 0 fully saturated rings. The van der Waals surface area contributed by atoms with Crippen LogP contribution in [0.5, 0.6) is 5.88 Å². The third-order valence-electron chi connectivity index (χ3n) is 2.88. The molecule has 0 unspecified atom stereocenters. The van der Waals surface area contributed by atoms with Gasteiger partial charge in [-0.05, 0) is 39.1 Å². The molecule has 0 aliphatic heterocycles. The number of hydrogen-bond donors (Lipinski definition) is 1. The van der Waals surface area contributed by atoms with Gasteiger partial charge in [0.25, 0.3) is 0 Å². The van der Waals surface area contributed by atoms with E-state index >= 15 is 0 Å². The summed E-state index contributed by atoms with van der Waals surface area (Å²) in [5, 5.41) is 0. The number of nitrogens with two attached hydrogens (primary N) is 1. The molecule has 0 radical (unpaired) electrons. The Morgan fingerprint density at radius 2 is 1.95 bits per heavy atom. The number of aromatic nitrogens is 1. The van der Waals surface area contributed by atoms with E-state index in [1.807, 2.05) is 19.1 Å². The number of ether oxygens (including phenoxy) is 1. The van der Waals surface area contributed by atoms with E-state index in [0.29, 0.717) is 24.1 Å². The van der Waals surface area contributed by atoms with E-state index in [9.17, 15) is 0 Å². The number of pyridine rings is 1. The van der Waals surface area contributed by atoms with Crippen molar-refractivity contribution in [3.8, 4) is 5.88 Å². The summed E-state index contributed by atoms with van der Waals surface area (Å²) in [7, 11) is 4.16. The molecule has 0 aliphatic carbocycles. The van der Waals surface area contributed by atoms with Crippen molar-refractivity contribution in [3.63, 3.8) is 0 Å². The van der Waals surface area contributed by atoms with E-state index in [1.54, 1.807) is 0 Å². The molecule has 1 aromatic rings. The molecule has 0 bridgehead atoms. The first-order chi connectivity index (χ1) is 9.43. The van der Waals surface area contributed by atoms with Gasteiger partial charge < -0.3 is 20.3 Å². The molecule has 0 atom stereocenters. The average molecular weight is 280 g/mol. The number of nitrogen functional groups attached to an aromatic ring is 1. The van der Waals surface area contributed by atoms with Crippen LogP contribution in [0.1, 0.15) is 20.8 Å². The second-order valence-electron chi connectivity index (χ2n) is 5.64. The van der Waals surface area contributed by atoms with E-state index in [-0.39, 0.29) is 0 Å². The Morgan fingerprint density at radius 1 is 1.25 bits per heavy atom. The van der Waals surface area contributed by atoms with Crippen molar-refractivity contribution in [1.29, 1.82) is 0 Å². The Kier molecular flexibility index (Phi) is 6.58. The highest BCUT2D eigenvalue weighted by Gasteiger charge is 2.13. The minimum absolute atomic E-state index is 0.531. The highest BCUT2D eigenvalue weighted by molar-refractivity contribution is 5.54. The Labute approximate surface area is 122 Å². The third kappa shape index (κ3) is 5.25. The predicted octanol–water partition coefficient (Wildman–Crippen LogP) is 2.09. The highest BCUT2D eigenvalue weighted by atomic mass is 16.5. The zero-order valence-corrected chi connectivity index (χ0v) is 13.4. The van der Waals surface area contributed by atoms with Crippen LogP contribution in [-0.2, 0) is 0 Å². The Bertz CT molecular complexity index is 407. The van der Waals surface area contributed by atoms with Crippen LogP contribution in [0.4, 0.5) is 11.5 Å². The normalized spacial score (nSPS) is 11.2. The van der Waals surface area contributed by atoms with Gasteiger partial charge in [-0.1, -0.05) is 13.8 Å². The van der Waals surface area contributed by atoms with Gasteiger partial charge >= 0.3 is 0 Å². The standard InChI is InChI=1S/C15H28N4O/c1-6-20-15-13(16)7-8-14(17-15)19(11-12(2)3)10-9-18(4)5/h7-8,12H,6,9-11,16H2,1-5H3. The summed E-state index contributed by atoms with van der Waals surface area (Å²) in [6.45, 7) is 9.83.